The minimum Gasteiger partial charge on any atom is -0.354 e. The molecule has 0 radical (unpaired) electrons. The lowest BCUT2D eigenvalue weighted by atomic mass is 9.49. The van der Waals surface area contributed by atoms with Crippen molar-refractivity contribution in [3.8, 4) is 0 Å². The monoisotopic (exact) mass is 390 g/mol. The molecule has 4 aliphatic rings. The Bertz CT molecular complexity index is 895. The summed E-state index contributed by atoms with van der Waals surface area (Å²) in [5.74, 6) is 2.68. The topological polar surface area (TPSA) is 58.2 Å². The van der Waals surface area contributed by atoms with Gasteiger partial charge in [-0.25, -0.2) is 0 Å². The standard InChI is InChI=1S/C25H30N2O2/c28-23(16-25-13-17-10-18(14-25)12-19(11-17)15-25)26-8-9-27-24(29)22-7-3-5-20-4-1-2-6-21(20)22/h1-7,17-19H,8-16H2,(H,26,28)(H,27,29). The molecule has 2 N–H and O–H groups in total. The van der Waals surface area contributed by atoms with Gasteiger partial charge in [0.05, 0.1) is 0 Å². The van der Waals surface area contributed by atoms with E-state index in [1.807, 2.05) is 42.5 Å². The highest BCUT2D eigenvalue weighted by atomic mass is 16.2. The van der Waals surface area contributed by atoms with Crippen LogP contribution in [0.3, 0.4) is 0 Å². The van der Waals surface area contributed by atoms with Crippen molar-refractivity contribution in [1.29, 1.82) is 0 Å². The molecule has 0 atom stereocenters. The minimum atomic E-state index is -0.0860. The summed E-state index contributed by atoms with van der Waals surface area (Å²) in [5.41, 5.74) is 0.952. The zero-order valence-electron chi connectivity index (χ0n) is 17.0. The first-order valence-electron chi connectivity index (χ1n) is 11.1. The SMILES string of the molecule is O=C(CC12CC3CC(CC(C3)C1)C2)NCCNC(=O)c1cccc2ccccc12. The van der Waals surface area contributed by atoms with Crippen molar-refractivity contribution >= 4 is 22.6 Å². The van der Waals surface area contributed by atoms with E-state index in [1.165, 1.54) is 38.5 Å². The van der Waals surface area contributed by atoms with Crippen LogP contribution in [0.5, 0.6) is 0 Å². The molecule has 6 rings (SSSR count). The summed E-state index contributed by atoms with van der Waals surface area (Å²) < 4.78 is 0. The molecule has 4 aliphatic carbocycles. The van der Waals surface area contributed by atoms with Crippen molar-refractivity contribution in [2.24, 2.45) is 23.2 Å². The molecule has 0 aromatic heterocycles. The molecule has 4 saturated carbocycles. The van der Waals surface area contributed by atoms with Crippen LogP contribution in [0.15, 0.2) is 42.5 Å². The van der Waals surface area contributed by atoms with Crippen LogP contribution in [0.25, 0.3) is 10.8 Å². The first kappa shape index (κ1) is 18.7. The molecule has 2 aromatic carbocycles. The first-order chi connectivity index (χ1) is 14.1. The molecule has 4 nitrogen and oxygen atoms in total. The van der Waals surface area contributed by atoms with Gasteiger partial charge in [0.1, 0.15) is 0 Å². The molecule has 0 saturated heterocycles. The molecule has 0 unspecified atom stereocenters. The van der Waals surface area contributed by atoms with Gasteiger partial charge in [0.25, 0.3) is 5.91 Å². The molecule has 4 fully saturated rings. The van der Waals surface area contributed by atoms with Crippen LogP contribution >= 0.6 is 0 Å². The molecule has 2 amide bonds. The maximum Gasteiger partial charge on any atom is 0.251 e. The van der Waals surface area contributed by atoms with Crippen molar-refractivity contribution < 1.29 is 9.59 Å². The summed E-state index contributed by atoms with van der Waals surface area (Å²) >= 11 is 0. The Kier molecular flexibility index (Phi) is 4.81. The Labute approximate surface area is 172 Å². The summed E-state index contributed by atoms with van der Waals surface area (Å²) in [6.45, 7) is 0.941. The molecule has 2 aromatic rings. The van der Waals surface area contributed by atoms with Gasteiger partial charge in [-0.1, -0.05) is 36.4 Å². The van der Waals surface area contributed by atoms with Crippen LogP contribution in [0.2, 0.25) is 0 Å². The molecule has 0 aliphatic heterocycles. The fourth-order valence-corrected chi connectivity index (χ4v) is 6.81. The summed E-state index contributed by atoms with van der Waals surface area (Å²) in [5, 5.41) is 8.02. The average Bonchev–Trinajstić information content (AvgIpc) is 2.69. The predicted octanol–water partition coefficient (Wildman–Crippen LogP) is 4.29. The summed E-state index contributed by atoms with van der Waals surface area (Å²) in [4.78, 5) is 25.2. The fraction of sp³-hybridized carbons (Fsp3) is 0.520. The Morgan fingerprint density at radius 1 is 0.828 bits per heavy atom. The Hall–Kier alpha value is -2.36. The van der Waals surface area contributed by atoms with Crippen LogP contribution in [0.1, 0.15) is 55.3 Å². The first-order valence-corrected chi connectivity index (χ1v) is 11.1. The molecule has 29 heavy (non-hydrogen) atoms. The molecule has 0 spiro atoms. The number of carbonyl (C=O) groups is 2. The lowest BCUT2D eigenvalue weighted by Gasteiger charge is -2.56. The van der Waals surface area contributed by atoms with E-state index in [0.717, 1.165) is 28.5 Å². The highest BCUT2D eigenvalue weighted by Gasteiger charge is 2.51. The number of carbonyl (C=O) groups excluding carboxylic acids is 2. The maximum absolute atomic E-state index is 12.6. The Balaban J connectivity index is 1.11. The quantitative estimate of drug-likeness (QED) is 0.723. The Morgan fingerprint density at radius 3 is 2.17 bits per heavy atom. The smallest absolute Gasteiger partial charge is 0.251 e. The van der Waals surface area contributed by atoms with E-state index < -0.39 is 0 Å². The van der Waals surface area contributed by atoms with Crippen LogP contribution in [-0.4, -0.2) is 24.9 Å². The van der Waals surface area contributed by atoms with E-state index in [-0.39, 0.29) is 17.2 Å². The largest absolute Gasteiger partial charge is 0.354 e. The highest BCUT2D eigenvalue weighted by molar-refractivity contribution is 6.07. The van der Waals surface area contributed by atoms with Crippen LogP contribution < -0.4 is 10.6 Å². The van der Waals surface area contributed by atoms with Gasteiger partial charge in [-0.3, -0.25) is 9.59 Å². The second kappa shape index (κ2) is 7.47. The predicted molar refractivity (Wildman–Crippen MR) is 115 cm³/mol. The summed E-state index contributed by atoms with van der Waals surface area (Å²) in [6, 6.07) is 13.7. The average molecular weight is 391 g/mol. The van der Waals surface area contributed by atoms with Gasteiger partial charge in [0, 0.05) is 25.1 Å². The maximum atomic E-state index is 12.6. The van der Waals surface area contributed by atoms with Crippen molar-refractivity contribution in [1.82, 2.24) is 10.6 Å². The van der Waals surface area contributed by atoms with Crippen molar-refractivity contribution in [2.45, 2.75) is 44.9 Å². The van der Waals surface area contributed by atoms with Crippen LogP contribution in [0, 0.1) is 23.2 Å². The van der Waals surface area contributed by atoms with Gasteiger partial charge in [-0.2, -0.15) is 0 Å². The van der Waals surface area contributed by atoms with Gasteiger partial charge in [0.2, 0.25) is 5.91 Å². The third-order valence-electron chi connectivity index (χ3n) is 7.47. The zero-order valence-corrected chi connectivity index (χ0v) is 17.0. The number of fused-ring (bicyclic) bond motifs is 1. The summed E-state index contributed by atoms with van der Waals surface area (Å²) in [6.07, 6.45) is 8.65. The van der Waals surface area contributed by atoms with E-state index in [0.29, 0.717) is 25.1 Å². The highest BCUT2D eigenvalue weighted by Crippen LogP contribution is 2.61. The lowest BCUT2D eigenvalue weighted by molar-refractivity contribution is -0.129. The third kappa shape index (κ3) is 3.77. The van der Waals surface area contributed by atoms with Crippen LogP contribution in [-0.2, 0) is 4.79 Å². The normalized spacial score (nSPS) is 29.7. The number of rotatable bonds is 6. The number of amides is 2. The minimum absolute atomic E-state index is 0.0860. The van der Waals surface area contributed by atoms with Gasteiger partial charge in [0.15, 0.2) is 0 Å². The van der Waals surface area contributed by atoms with Gasteiger partial charge < -0.3 is 10.6 Å². The lowest BCUT2D eigenvalue weighted by Crippen LogP contribution is -2.48. The number of hydrogen-bond acceptors (Lipinski definition) is 2. The Morgan fingerprint density at radius 2 is 1.45 bits per heavy atom. The van der Waals surface area contributed by atoms with Crippen LogP contribution in [0.4, 0.5) is 0 Å². The van der Waals surface area contributed by atoms with E-state index in [1.54, 1.807) is 0 Å². The molecule has 0 heterocycles. The molecule has 4 heteroatoms. The van der Waals surface area contributed by atoms with Crippen molar-refractivity contribution in [3.63, 3.8) is 0 Å². The molecule has 152 valence electrons. The second-order valence-corrected chi connectivity index (χ2v) is 9.73. The molecule has 4 bridgehead atoms. The van der Waals surface area contributed by atoms with Gasteiger partial charge in [-0.15, -0.1) is 0 Å². The van der Waals surface area contributed by atoms with Gasteiger partial charge in [-0.05, 0) is 78.5 Å². The summed E-state index contributed by atoms with van der Waals surface area (Å²) in [7, 11) is 0. The number of nitrogens with one attached hydrogen (secondary N) is 2. The van der Waals surface area contributed by atoms with E-state index in [9.17, 15) is 9.59 Å². The number of hydrogen-bond donors (Lipinski definition) is 2. The molecular weight excluding hydrogens is 360 g/mol. The third-order valence-corrected chi connectivity index (χ3v) is 7.47. The fourth-order valence-electron chi connectivity index (χ4n) is 6.81. The zero-order chi connectivity index (χ0) is 19.8. The second-order valence-electron chi connectivity index (χ2n) is 9.73. The number of benzene rings is 2. The van der Waals surface area contributed by atoms with Gasteiger partial charge >= 0.3 is 0 Å². The molecular formula is C25H30N2O2. The van der Waals surface area contributed by atoms with E-state index in [2.05, 4.69) is 10.6 Å². The van der Waals surface area contributed by atoms with E-state index >= 15 is 0 Å². The van der Waals surface area contributed by atoms with Crippen molar-refractivity contribution in [2.75, 3.05) is 13.1 Å². The van der Waals surface area contributed by atoms with E-state index in [4.69, 9.17) is 0 Å². The van der Waals surface area contributed by atoms with Crippen molar-refractivity contribution in [3.05, 3.63) is 48.0 Å².